The van der Waals surface area contributed by atoms with Crippen LogP contribution in [0.25, 0.3) is 11.3 Å². The first-order chi connectivity index (χ1) is 11.0. The van der Waals surface area contributed by atoms with Crippen LogP contribution in [0.2, 0.25) is 0 Å². The largest absolute Gasteiger partial charge is 0.481 e. The Balaban J connectivity index is 2.22. The number of aromatic nitrogens is 1. The van der Waals surface area contributed by atoms with Crippen molar-refractivity contribution in [3.63, 3.8) is 0 Å². The predicted molar refractivity (Wildman–Crippen MR) is 88.2 cm³/mol. The lowest BCUT2D eigenvalue weighted by Gasteiger charge is -2.21. The maximum atomic E-state index is 12.6. The van der Waals surface area contributed by atoms with E-state index in [-0.39, 0.29) is 18.9 Å². The fourth-order valence-electron chi connectivity index (χ4n) is 2.36. The van der Waals surface area contributed by atoms with Crippen molar-refractivity contribution in [3.8, 4) is 11.3 Å². The topological polar surface area (TPSA) is 70.5 Å². The summed E-state index contributed by atoms with van der Waals surface area (Å²) in [6.45, 7) is 4.29. The van der Waals surface area contributed by atoms with E-state index >= 15 is 0 Å². The second kappa shape index (κ2) is 7.54. The Morgan fingerprint density at radius 1 is 1.13 bits per heavy atom. The van der Waals surface area contributed by atoms with Gasteiger partial charge >= 0.3 is 5.97 Å². The number of carbonyl (C=O) groups is 2. The van der Waals surface area contributed by atoms with Gasteiger partial charge in [-0.2, -0.15) is 0 Å². The molecule has 0 radical (unpaired) electrons. The quantitative estimate of drug-likeness (QED) is 0.890. The first-order valence-corrected chi connectivity index (χ1v) is 7.57. The van der Waals surface area contributed by atoms with Crippen molar-refractivity contribution in [1.29, 1.82) is 0 Å². The molecule has 0 aliphatic rings. The van der Waals surface area contributed by atoms with Crippen LogP contribution in [0.5, 0.6) is 0 Å². The van der Waals surface area contributed by atoms with Gasteiger partial charge in [0.15, 0.2) is 0 Å². The molecule has 2 aromatic rings. The van der Waals surface area contributed by atoms with Crippen molar-refractivity contribution in [3.05, 3.63) is 53.7 Å². The number of benzene rings is 1. The highest BCUT2D eigenvalue weighted by Crippen LogP contribution is 2.19. The van der Waals surface area contributed by atoms with Gasteiger partial charge in [-0.1, -0.05) is 30.3 Å². The molecule has 1 aromatic carbocycles. The molecule has 0 bridgehead atoms. The van der Waals surface area contributed by atoms with Gasteiger partial charge in [-0.25, -0.2) is 0 Å². The third kappa shape index (κ3) is 4.16. The molecule has 0 fully saturated rings. The number of aliphatic carboxylic acids is 1. The van der Waals surface area contributed by atoms with Gasteiger partial charge in [-0.3, -0.25) is 14.6 Å². The molecule has 1 aromatic heterocycles. The molecule has 120 valence electrons. The Bertz CT molecular complexity index is 699. The highest BCUT2D eigenvalue weighted by molar-refractivity contribution is 5.95. The van der Waals surface area contributed by atoms with E-state index in [4.69, 9.17) is 5.11 Å². The Morgan fingerprint density at radius 2 is 1.83 bits per heavy atom. The number of rotatable bonds is 6. The van der Waals surface area contributed by atoms with E-state index in [0.29, 0.717) is 17.8 Å². The van der Waals surface area contributed by atoms with Crippen molar-refractivity contribution in [2.45, 2.75) is 20.3 Å². The van der Waals surface area contributed by atoms with E-state index in [1.807, 2.05) is 43.3 Å². The van der Waals surface area contributed by atoms with E-state index < -0.39 is 5.97 Å². The zero-order chi connectivity index (χ0) is 16.8. The number of carboxylic acids is 1. The van der Waals surface area contributed by atoms with Crippen LogP contribution in [0.3, 0.4) is 0 Å². The minimum absolute atomic E-state index is 0.0614. The Hall–Kier alpha value is -2.69. The molecule has 23 heavy (non-hydrogen) atoms. The van der Waals surface area contributed by atoms with Gasteiger partial charge in [-0.15, -0.1) is 0 Å². The van der Waals surface area contributed by atoms with Crippen molar-refractivity contribution in [1.82, 2.24) is 9.88 Å². The molecule has 5 nitrogen and oxygen atoms in total. The lowest BCUT2D eigenvalue weighted by molar-refractivity contribution is -0.137. The van der Waals surface area contributed by atoms with Gasteiger partial charge in [0.25, 0.3) is 5.91 Å². The summed E-state index contributed by atoms with van der Waals surface area (Å²) in [4.78, 5) is 29.3. The molecule has 0 atom stereocenters. The molecular weight excluding hydrogens is 292 g/mol. The number of aryl methyl sites for hydroxylation is 1. The van der Waals surface area contributed by atoms with Crippen LogP contribution >= 0.6 is 0 Å². The molecule has 0 saturated heterocycles. The number of amides is 1. The van der Waals surface area contributed by atoms with Crippen LogP contribution in [0.4, 0.5) is 0 Å². The number of pyridine rings is 1. The van der Waals surface area contributed by atoms with Crippen molar-refractivity contribution < 1.29 is 14.7 Å². The maximum absolute atomic E-state index is 12.6. The van der Waals surface area contributed by atoms with Gasteiger partial charge in [0.1, 0.15) is 0 Å². The number of carboxylic acid groups (broad SMARTS) is 1. The number of nitrogens with zero attached hydrogens (tertiary/aromatic N) is 2. The van der Waals surface area contributed by atoms with Crippen LogP contribution in [0.1, 0.15) is 29.4 Å². The summed E-state index contributed by atoms with van der Waals surface area (Å²) in [5, 5.41) is 8.78. The molecule has 0 unspecified atom stereocenters. The third-order valence-electron chi connectivity index (χ3n) is 3.65. The van der Waals surface area contributed by atoms with Gasteiger partial charge in [0.05, 0.1) is 23.4 Å². The van der Waals surface area contributed by atoms with Crippen LogP contribution in [0, 0.1) is 6.92 Å². The number of hydrogen-bond donors (Lipinski definition) is 1. The summed E-state index contributed by atoms with van der Waals surface area (Å²) in [7, 11) is 0. The number of hydrogen-bond acceptors (Lipinski definition) is 3. The average molecular weight is 312 g/mol. The molecule has 1 N–H and O–H groups in total. The van der Waals surface area contributed by atoms with Crippen molar-refractivity contribution in [2.75, 3.05) is 13.1 Å². The lowest BCUT2D eigenvalue weighted by Crippen LogP contribution is -2.33. The highest BCUT2D eigenvalue weighted by atomic mass is 16.4. The fraction of sp³-hybridized carbons (Fsp3) is 0.278. The molecule has 0 saturated carbocycles. The third-order valence-corrected chi connectivity index (χ3v) is 3.65. The van der Waals surface area contributed by atoms with Crippen molar-refractivity contribution >= 4 is 11.9 Å². The van der Waals surface area contributed by atoms with Gasteiger partial charge in [0.2, 0.25) is 0 Å². The number of carbonyl (C=O) groups excluding carboxylic acids is 1. The van der Waals surface area contributed by atoms with E-state index in [1.54, 1.807) is 13.0 Å². The van der Waals surface area contributed by atoms with Crippen LogP contribution < -0.4 is 0 Å². The SMILES string of the molecule is CCN(CCC(=O)O)C(=O)c1ccc(-c2ccccc2)nc1C. The Labute approximate surface area is 135 Å². The standard InChI is InChI=1S/C18H20N2O3/c1-3-20(12-11-17(21)22)18(23)15-9-10-16(19-13(15)2)14-7-5-4-6-8-14/h4-10H,3,11-12H2,1-2H3,(H,21,22). The van der Waals surface area contributed by atoms with Crippen molar-refractivity contribution in [2.24, 2.45) is 0 Å². The summed E-state index contributed by atoms with van der Waals surface area (Å²) in [5.41, 5.74) is 2.96. The monoisotopic (exact) mass is 312 g/mol. The summed E-state index contributed by atoms with van der Waals surface area (Å²) in [5.74, 6) is -1.09. The zero-order valence-electron chi connectivity index (χ0n) is 13.3. The van der Waals surface area contributed by atoms with Crippen LogP contribution in [-0.2, 0) is 4.79 Å². The van der Waals surface area contributed by atoms with E-state index in [2.05, 4.69) is 4.98 Å². The smallest absolute Gasteiger partial charge is 0.305 e. The molecule has 0 aliphatic carbocycles. The zero-order valence-corrected chi connectivity index (χ0v) is 13.3. The summed E-state index contributed by atoms with van der Waals surface area (Å²) >= 11 is 0. The fourth-order valence-corrected chi connectivity index (χ4v) is 2.36. The molecule has 0 spiro atoms. The predicted octanol–water partition coefficient (Wildman–Crippen LogP) is 2.99. The van der Waals surface area contributed by atoms with E-state index in [0.717, 1.165) is 11.3 Å². The molecular formula is C18H20N2O3. The minimum Gasteiger partial charge on any atom is -0.481 e. The maximum Gasteiger partial charge on any atom is 0.305 e. The molecule has 1 heterocycles. The second-order valence-electron chi connectivity index (χ2n) is 5.22. The Morgan fingerprint density at radius 3 is 2.39 bits per heavy atom. The first-order valence-electron chi connectivity index (χ1n) is 7.57. The minimum atomic E-state index is -0.912. The summed E-state index contributed by atoms with van der Waals surface area (Å²) in [6.07, 6.45) is -0.0614. The van der Waals surface area contributed by atoms with Crippen LogP contribution in [-0.4, -0.2) is 40.0 Å². The molecule has 0 aliphatic heterocycles. The van der Waals surface area contributed by atoms with E-state index in [1.165, 1.54) is 4.90 Å². The average Bonchev–Trinajstić information content (AvgIpc) is 2.55. The summed E-state index contributed by atoms with van der Waals surface area (Å²) in [6, 6.07) is 13.3. The Kier molecular flexibility index (Phi) is 5.46. The van der Waals surface area contributed by atoms with Gasteiger partial charge in [0, 0.05) is 18.7 Å². The van der Waals surface area contributed by atoms with E-state index in [9.17, 15) is 9.59 Å². The molecule has 5 heteroatoms. The molecule has 2 rings (SSSR count). The van der Waals surface area contributed by atoms with Crippen LogP contribution in [0.15, 0.2) is 42.5 Å². The second-order valence-corrected chi connectivity index (χ2v) is 5.22. The van der Waals surface area contributed by atoms with Gasteiger partial charge < -0.3 is 10.0 Å². The highest BCUT2D eigenvalue weighted by Gasteiger charge is 2.18. The normalized spacial score (nSPS) is 10.3. The van der Waals surface area contributed by atoms with Gasteiger partial charge in [-0.05, 0) is 26.0 Å². The lowest BCUT2D eigenvalue weighted by atomic mass is 10.1. The summed E-state index contributed by atoms with van der Waals surface area (Å²) < 4.78 is 0. The molecule has 1 amide bonds. The first kappa shape index (κ1) is 16.7.